The molecule has 0 amide bonds. The van der Waals surface area contributed by atoms with E-state index in [0.29, 0.717) is 9.90 Å². The number of nitrogens with zero attached hydrogens (tertiary/aromatic N) is 1. The summed E-state index contributed by atoms with van der Waals surface area (Å²) in [5.74, 6) is -0.903. The lowest BCUT2D eigenvalue weighted by Gasteiger charge is -2.10. The second-order valence-electron chi connectivity index (χ2n) is 6.53. The van der Waals surface area contributed by atoms with Gasteiger partial charge in [0, 0.05) is 26.4 Å². The van der Waals surface area contributed by atoms with Crippen LogP contribution >= 0.6 is 46.2 Å². The molecule has 0 spiro atoms. The van der Waals surface area contributed by atoms with Crippen LogP contribution in [0.1, 0.15) is 9.67 Å². The minimum Gasteiger partial charge on any atom is -0.477 e. The van der Waals surface area contributed by atoms with E-state index < -0.39 is 5.97 Å². The molecule has 0 saturated carbocycles. The Morgan fingerprint density at radius 3 is 2.47 bits per heavy atom. The maximum absolute atomic E-state index is 11.9. The van der Waals surface area contributed by atoms with E-state index in [2.05, 4.69) is 22.2 Å². The predicted octanol–water partition coefficient (Wildman–Crippen LogP) is 8.01. The highest BCUT2D eigenvalue weighted by Gasteiger charge is 2.25. The summed E-state index contributed by atoms with van der Waals surface area (Å²) >= 11 is 10.6. The third kappa shape index (κ3) is 3.36. The van der Waals surface area contributed by atoms with Crippen molar-refractivity contribution in [3.8, 4) is 21.7 Å². The van der Waals surface area contributed by atoms with Crippen molar-refractivity contribution >= 4 is 63.1 Å². The zero-order valence-electron chi connectivity index (χ0n) is 15.4. The Morgan fingerprint density at radius 1 is 0.933 bits per heavy atom. The number of carboxylic acid groups (broad SMARTS) is 1. The van der Waals surface area contributed by atoms with E-state index in [1.165, 1.54) is 11.3 Å². The van der Waals surface area contributed by atoms with Gasteiger partial charge in [0.25, 0.3) is 0 Å². The monoisotopic (exact) mass is 467 g/mol. The van der Waals surface area contributed by atoms with Gasteiger partial charge in [0.2, 0.25) is 0 Å². The number of aromatic carboxylic acids is 1. The largest absolute Gasteiger partial charge is 0.477 e. The summed E-state index contributed by atoms with van der Waals surface area (Å²) < 4.78 is 2.20. The molecule has 0 atom stereocenters. The second-order valence-corrected chi connectivity index (χ2v) is 9.85. The summed E-state index contributed by atoms with van der Waals surface area (Å²) in [5, 5.41) is 15.4. The number of aromatic nitrogens is 1. The van der Waals surface area contributed by atoms with Crippen LogP contribution in [0.4, 0.5) is 0 Å². The van der Waals surface area contributed by atoms with E-state index in [4.69, 9.17) is 11.6 Å². The van der Waals surface area contributed by atoms with Crippen molar-refractivity contribution in [1.82, 2.24) is 3.97 Å². The van der Waals surface area contributed by atoms with Crippen molar-refractivity contribution < 1.29 is 9.90 Å². The molecule has 5 rings (SSSR count). The maximum Gasteiger partial charge on any atom is 0.346 e. The molecule has 0 saturated heterocycles. The van der Waals surface area contributed by atoms with Gasteiger partial charge in [0.15, 0.2) is 0 Å². The lowest BCUT2D eigenvalue weighted by atomic mass is 10.0. The number of benzene rings is 2. The van der Waals surface area contributed by atoms with Gasteiger partial charge in [-0.15, -0.1) is 22.7 Å². The summed E-state index contributed by atoms with van der Waals surface area (Å²) in [6, 6.07) is 21.9. The quantitative estimate of drug-likeness (QED) is 0.284. The van der Waals surface area contributed by atoms with Gasteiger partial charge in [-0.2, -0.15) is 0 Å². The number of rotatable bonds is 5. The Kier molecular flexibility index (Phi) is 5.16. The SMILES string of the molecule is O=C(O)c1sccc1-c1c(-c2cccs2)n(Sc2ccc(Cl)cc2)c2ccccc12. The van der Waals surface area contributed by atoms with Crippen LogP contribution < -0.4 is 0 Å². The van der Waals surface area contributed by atoms with Gasteiger partial charge in [0.1, 0.15) is 4.88 Å². The Labute approximate surface area is 190 Å². The minimum absolute atomic E-state index is 0.354. The lowest BCUT2D eigenvalue weighted by molar-refractivity contribution is 0.0703. The van der Waals surface area contributed by atoms with Crippen molar-refractivity contribution in [2.45, 2.75) is 4.90 Å². The van der Waals surface area contributed by atoms with Gasteiger partial charge >= 0.3 is 5.97 Å². The maximum atomic E-state index is 11.9. The number of thiophene rings is 2. The Hall–Kier alpha value is -2.51. The van der Waals surface area contributed by atoms with E-state index in [1.54, 1.807) is 23.3 Å². The number of hydrogen-bond donors (Lipinski definition) is 1. The van der Waals surface area contributed by atoms with Crippen molar-refractivity contribution in [2.75, 3.05) is 0 Å². The molecular weight excluding hydrogens is 454 g/mol. The minimum atomic E-state index is -0.903. The van der Waals surface area contributed by atoms with Crippen LogP contribution in [0.15, 0.2) is 82.4 Å². The zero-order chi connectivity index (χ0) is 20.7. The van der Waals surface area contributed by atoms with Gasteiger partial charge in [-0.05, 0) is 65.2 Å². The molecule has 30 heavy (non-hydrogen) atoms. The predicted molar refractivity (Wildman–Crippen MR) is 128 cm³/mol. The van der Waals surface area contributed by atoms with E-state index in [-0.39, 0.29) is 0 Å². The fourth-order valence-corrected chi connectivity index (χ4v) is 6.18. The first kappa shape index (κ1) is 19.5. The molecule has 3 heterocycles. The van der Waals surface area contributed by atoms with Crippen LogP contribution in [0.3, 0.4) is 0 Å². The van der Waals surface area contributed by atoms with Gasteiger partial charge in [-0.25, -0.2) is 4.79 Å². The summed E-state index contributed by atoms with van der Waals surface area (Å²) in [5.41, 5.74) is 3.75. The molecule has 0 radical (unpaired) electrons. The van der Waals surface area contributed by atoms with Crippen molar-refractivity contribution in [3.63, 3.8) is 0 Å². The molecule has 0 aliphatic carbocycles. The number of carboxylic acids is 1. The molecule has 2 aromatic carbocycles. The van der Waals surface area contributed by atoms with Crippen molar-refractivity contribution in [2.24, 2.45) is 0 Å². The van der Waals surface area contributed by atoms with Crippen LogP contribution in [-0.4, -0.2) is 15.0 Å². The van der Waals surface area contributed by atoms with Crippen LogP contribution in [0.2, 0.25) is 5.02 Å². The summed E-state index contributed by atoms with van der Waals surface area (Å²) in [7, 11) is 0. The topological polar surface area (TPSA) is 42.2 Å². The van der Waals surface area contributed by atoms with Crippen LogP contribution in [0, 0.1) is 0 Å². The zero-order valence-corrected chi connectivity index (χ0v) is 18.6. The van der Waals surface area contributed by atoms with Crippen LogP contribution in [0.25, 0.3) is 32.6 Å². The average molecular weight is 468 g/mol. The van der Waals surface area contributed by atoms with Crippen LogP contribution in [-0.2, 0) is 0 Å². The van der Waals surface area contributed by atoms with Gasteiger partial charge in [-0.1, -0.05) is 35.9 Å². The summed E-state index contributed by atoms with van der Waals surface area (Å²) in [4.78, 5) is 14.4. The molecule has 1 N–H and O–H groups in total. The molecule has 0 aliphatic heterocycles. The molecule has 7 heteroatoms. The van der Waals surface area contributed by atoms with E-state index in [9.17, 15) is 9.90 Å². The molecule has 0 bridgehead atoms. The van der Waals surface area contributed by atoms with Gasteiger partial charge in [-0.3, -0.25) is 3.97 Å². The smallest absolute Gasteiger partial charge is 0.346 e. The first-order valence-corrected chi connectivity index (χ1v) is 12.0. The van der Waals surface area contributed by atoms with E-state index >= 15 is 0 Å². The van der Waals surface area contributed by atoms with Gasteiger partial charge in [0.05, 0.1) is 16.1 Å². The molecule has 0 aliphatic rings. The fraction of sp³-hybridized carbons (Fsp3) is 0. The average Bonchev–Trinajstić information content (AvgIpc) is 3.48. The first-order chi connectivity index (χ1) is 14.6. The first-order valence-electron chi connectivity index (χ1n) is 9.06. The normalized spacial score (nSPS) is 11.2. The summed E-state index contributed by atoms with van der Waals surface area (Å²) in [6.07, 6.45) is 0. The molecule has 3 aromatic heterocycles. The van der Waals surface area contributed by atoms with Gasteiger partial charge < -0.3 is 5.11 Å². The molecule has 3 nitrogen and oxygen atoms in total. The Morgan fingerprint density at radius 2 is 1.73 bits per heavy atom. The number of para-hydroxylation sites is 1. The number of carbonyl (C=O) groups is 1. The lowest BCUT2D eigenvalue weighted by Crippen LogP contribution is -1.95. The third-order valence-electron chi connectivity index (χ3n) is 4.73. The molecule has 0 unspecified atom stereocenters. The molecule has 148 valence electrons. The fourth-order valence-electron chi connectivity index (χ4n) is 3.49. The molecule has 5 aromatic rings. The standard InChI is InChI=1S/C23H14ClNO2S3/c24-14-7-9-15(10-8-14)30-25-18-5-2-1-4-16(18)20(21(25)19-6-3-12-28-19)17-11-13-29-22(17)23(26)27/h1-13H,(H,26,27). The van der Waals surface area contributed by atoms with E-state index in [0.717, 1.165) is 37.5 Å². The Bertz CT molecular complexity index is 1350. The number of hydrogen-bond acceptors (Lipinski definition) is 4. The van der Waals surface area contributed by atoms with Crippen molar-refractivity contribution in [3.05, 3.63) is 87.4 Å². The number of halogens is 1. The highest BCUT2D eigenvalue weighted by atomic mass is 35.5. The highest BCUT2D eigenvalue weighted by molar-refractivity contribution is 7.98. The highest BCUT2D eigenvalue weighted by Crippen LogP contribution is 2.47. The van der Waals surface area contributed by atoms with Crippen LogP contribution in [0.5, 0.6) is 0 Å². The third-order valence-corrected chi connectivity index (χ3v) is 7.80. The number of fused-ring (bicyclic) bond motifs is 1. The molecule has 0 fully saturated rings. The second kappa shape index (κ2) is 7.96. The van der Waals surface area contributed by atoms with E-state index in [1.807, 2.05) is 59.3 Å². The molecular formula is C23H14ClNO2S3. The van der Waals surface area contributed by atoms with Crippen molar-refractivity contribution in [1.29, 1.82) is 0 Å². The Balaban J connectivity index is 1.83. The summed E-state index contributed by atoms with van der Waals surface area (Å²) in [6.45, 7) is 0.